The van der Waals surface area contributed by atoms with Crippen molar-refractivity contribution in [2.75, 3.05) is 5.32 Å². The fourth-order valence-corrected chi connectivity index (χ4v) is 2.11. The number of carboxylic acid groups (broad SMARTS) is 1. The molecule has 0 bridgehead atoms. The fourth-order valence-electron chi connectivity index (χ4n) is 1.43. The third-order valence-electron chi connectivity index (χ3n) is 2.46. The van der Waals surface area contributed by atoms with Gasteiger partial charge < -0.3 is 5.11 Å². The van der Waals surface area contributed by atoms with Crippen molar-refractivity contribution in [1.29, 1.82) is 0 Å². The molecule has 0 fully saturated rings. The number of carboxylic acids is 1. The molecule has 5 nitrogen and oxygen atoms in total. The molecule has 102 valence electrons. The number of carbonyl (C=O) groups excluding carboxylic acids is 1. The summed E-state index contributed by atoms with van der Waals surface area (Å²) in [5.74, 6) is -1.46. The smallest absolute Gasteiger partial charge is 0.355 e. The zero-order valence-electron chi connectivity index (χ0n) is 10.7. The third-order valence-corrected chi connectivity index (χ3v) is 3.22. The van der Waals surface area contributed by atoms with E-state index in [0.29, 0.717) is 0 Å². The van der Waals surface area contributed by atoms with Crippen molar-refractivity contribution in [2.24, 2.45) is 0 Å². The third kappa shape index (κ3) is 3.76. The van der Waals surface area contributed by atoms with Gasteiger partial charge in [0, 0.05) is 11.5 Å². The molecule has 2 rings (SSSR count). The predicted octanol–water partition coefficient (Wildman–Crippen LogP) is 2.80. The fraction of sp³-hybridized carbons (Fsp3) is 0.0714. The molecule has 0 saturated carbocycles. The Kier molecular flexibility index (Phi) is 4.27. The molecule has 0 unspecified atom stereocenters. The highest BCUT2D eigenvalue weighted by Crippen LogP contribution is 2.15. The summed E-state index contributed by atoms with van der Waals surface area (Å²) in [5.41, 5.74) is 1.99. The largest absolute Gasteiger partial charge is 0.476 e. The molecule has 1 amide bonds. The van der Waals surface area contributed by atoms with Gasteiger partial charge >= 0.3 is 5.97 Å². The van der Waals surface area contributed by atoms with Gasteiger partial charge in [0.05, 0.1) is 0 Å². The number of nitrogens with one attached hydrogen (secondary N) is 1. The lowest BCUT2D eigenvalue weighted by molar-refractivity contribution is -0.111. The molecule has 0 radical (unpaired) electrons. The molecular weight excluding hydrogens is 276 g/mol. The van der Waals surface area contributed by atoms with Crippen LogP contribution in [0.4, 0.5) is 5.13 Å². The average molecular weight is 288 g/mol. The maximum atomic E-state index is 11.7. The number of hydrogen-bond acceptors (Lipinski definition) is 4. The van der Waals surface area contributed by atoms with Crippen molar-refractivity contribution in [1.82, 2.24) is 4.98 Å². The average Bonchev–Trinajstić information content (AvgIpc) is 2.87. The van der Waals surface area contributed by atoms with Gasteiger partial charge in [-0.1, -0.05) is 29.8 Å². The Morgan fingerprint density at radius 1 is 1.30 bits per heavy atom. The molecule has 1 heterocycles. The Morgan fingerprint density at radius 3 is 2.60 bits per heavy atom. The predicted molar refractivity (Wildman–Crippen MR) is 77.9 cm³/mol. The first kappa shape index (κ1) is 14.0. The van der Waals surface area contributed by atoms with Gasteiger partial charge in [0.25, 0.3) is 0 Å². The maximum absolute atomic E-state index is 11.7. The number of anilines is 1. The minimum absolute atomic E-state index is 0.0761. The molecule has 0 aliphatic heterocycles. The summed E-state index contributed by atoms with van der Waals surface area (Å²) in [7, 11) is 0. The molecule has 1 aromatic heterocycles. The molecule has 6 heteroatoms. The van der Waals surface area contributed by atoms with E-state index in [1.807, 2.05) is 31.2 Å². The van der Waals surface area contributed by atoms with Crippen molar-refractivity contribution in [3.8, 4) is 0 Å². The van der Waals surface area contributed by atoms with Crippen LogP contribution in [0.25, 0.3) is 6.08 Å². The van der Waals surface area contributed by atoms with Gasteiger partial charge in [-0.05, 0) is 18.6 Å². The van der Waals surface area contributed by atoms with Crippen LogP contribution in [-0.2, 0) is 4.79 Å². The second-order valence-corrected chi connectivity index (χ2v) is 4.93. The van der Waals surface area contributed by atoms with Gasteiger partial charge in [-0.2, -0.15) is 0 Å². The van der Waals surface area contributed by atoms with Gasteiger partial charge in [-0.25, -0.2) is 9.78 Å². The number of aromatic carboxylic acids is 1. The second kappa shape index (κ2) is 6.12. The SMILES string of the molecule is Cc1ccc(/C=C/C(=O)Nc2nc(C(=O)O)cs2)cc1. The number of rotatable bonds is 4. The van der Waals surface area contributed by atoms with Crippen LogP contribution in [-0.4, -0.2) is 22.0 Å². The minimum atomic E-state index is -1.11. The number of amides is 1. The van der Waals surface area contributed by atoms with Gasteiger partial charge in [-0.3, -0.25) is 10.1 Å². The Labute approximate surface area is 119 Å². The van der Waals surface area contributed by atoms with Crippen LogP contribution in [0, 0.1) is 6.92 Å². The van der Waals surface area contributed by atoms with Crippen molar-refractivity contribution in [2.45, 2.75) is 6.92 Å². The highest BCUT2D eigenvalue weighted by Gasteiger charge is 2.09. The number of aromatic nitrogens is 1. The van der Waals surface area contributed by atoms with Crippen molar-refractivity contribution >= 4 is 34.4 Å². The Hall–Kier alpha value is -2.47. The van der Waals surface area contributed by atoms with Crippen LogP contribution in [0.15, 0.2) is 35.7 Å². The van der Waals surface area contributed by atoms with E-state index in [-0.39, 0.29) is 16.7 Å². The second-order valence-electron chi connectivity index (χ2n) is 4.08. The van der Waals surface area contributed by atoms with Crippen LogP contribution < -0.4 is 5.32 Å². The Bertz CT molecular complexity index is 659. The monoisotopic (exact) mass is 288 g/mol. The summed E-state index contributed by atoms with van der Waals surface area (Å²) >= 11 is 1.07. The Balaban J connectivity index is 1.97. The molecular formula is C14H12N2O3S. The van der Waals surface area contributed by atoms with E-state index >= 15 is 0 Å². The summed E-state index contributed by atoms with van der Waals surface area (Å²) in [6.07, 6.45) is 3.06. The van der Waals surface area contributed by atoms with Gasteiger partial charge in [0.2, 0.25) is 5.91 Å². The zero-order valence-corrected chi connectivity index (χ0v) is 11.5. The first-order valence-electron chi connectivity index (χ1n) is 5.79. The van der Waals surface area contributed by atoms with Crippen molar-refractivity contribution in [3.63, 3.8) is 0 Å². The normalized spacial score (nSPS) is 10.7. The van der Waals surface area contributed by atoms with Crippen molar-refractivity contribution < 1.29 is 14.7 Å². The molecule has 2 N–H and O–H groups in total. The van der Waals surface area contributed by atoms with E-state index in [1.54, 1.807) is 6.08 Å². The van der Waals surface area contributed by atoms with E-state index < -0.39 is 5.97 Å². The topological polar surface area (TPSA) is 79.3 Å². The molecule has 1 aromatic carbocycles. The summed E-state index contributed by atoms with van der Waals surface area (Å²) in [4.78, 5) is 26.1. The summed E-state index contributed by atoms with van der Waals surface area (Å²) in [6, 6.07) is 7.73. The first-order chi connectivity index (χ1) is 9.54. The molecule has 0 aliphatic carbocycles. The molecule has 0 aliphatic rings. The van der Waals surface area contributed by atoms with Gasteiger partial charge in [-0.15, -0.1) is 11.3 Å². The van der Waals surface area contributed by atoms with E-state index in [9.17, 15) is 9.59 Å². The molecule has 0 spiro atoms. The number of nitrogens with zero attached hydrogens (tertiary/aromatic N) is 1. The molecule has 2 aromatic rings. The number of carbonyl (C=O) groups is 2. The maximum Gasteiger partial charge on any atom is 0.355 e. The lowest BCUT2D eigenvalue weighted by Gasteiger charge is -1.96. The quantitative estimate of drug-likeness (QED) is 0.848. The molecule has 0 atom stereocenters. The van der Waals surface area contributed by atoms with Gasteiger partial charge in [0.15, 0.2) is 10.8 Å². The number of hydrogen-bond donors (Lipinski definition) is 2. The van der Waals surface area contributed by atoms with Crippen LogP contribution in [0.2, 0.25) is 0 Å². The van der Waals surface area contributed by atoms with E-state index in [4.69, 9.17) is 5.11 Å². The van der Waals surface area contributed by atoms with Crippen LogP contribution in [0.5, 0.6) is 0 Å². The summed E-state index contributed by atoms with van der Waals surface area (Å²) in [6.45, 7) is 1.99. The highest BCUT2D eigenvalue weighted by molar-refractivity contribution is 7.14. The highest BCUT2D eigenvalue weighted by atomic mass is 32.1. The van der Waals surface area contributed by atoms with E-state index in [1.165, 1.54) is 11.5 Å². The minimum Gasteiger partial charge on any atom is -0.476 e. The lowest BCUT2D eigenvalue weighted by Crippen LogP contribution is -2.08. The van der Waals surface area contributed by atoms with E-state index in [0.717, 1.165) is 22.5 Å². The lowest BCUT2D eigenvalue weighted by atomic mass is 10.1. The van der Waals surface area contributed by atoms with Crippen LogP contribution >= 0.6 is 11.3 Å². The van der Waals surface area contributed by atoms with Gasteiger partial charge in [0.1, 0.15) is 0 Å². The number of aryl methyl sites for hydroxylation is 1. The first-order valence-corrected chi connectivity index (χ1v) is 6.67. The zero-order chi connectivity index (χ0) is 14.5. The molecule has 0 saturated heterocycles. The summed E-state index contributed by atoms with van der Waals surface area (Å²) in [5, 5.41) is 12.9. The number of benzene rings is 1. The Morgan fingerprint density at radius 2 is 2.00 bits per heavy atom. The van der Waals surface area contributed by atoms with Crippen LogP contribution in [0.1, 0.15) is 21.6 Å². The standard InChI is InChI=1S/C14H12N2O3S/c1-9-2-4-10(5-3-9)6-7-12(17)16-14-15-11(8-20-14)13(18)19/h2-8H,1H3,(H,18,19)(H,15,16,17)/b7-6+. The van der Waals surface area contributed by atoms with Crippen molar-refractivity contribution in [3.05, 3.63) is 52.5 Å². The molecule has 20 heavy (non-hydrogen) atoms. The summed E-state index contributed by atoms with van der Waals surface area (Å²) < 4.78 is 0. The van der Waals surface area contributed by atoms with Crippen LogP contribution in [0.3, 0.4) is 0 Å². The number of thiazole rings is 1. The van der Waals surface area contributed by atoms with E-state index in [2.05, 4.69) is 10.3 Å².